The van der Waals surface area contributed by atoms with Crippen LogP contribution in [0.1, 0.15) is 4.88 Å². The predicted molar refractivity (Wildman–Crippen MR) is 75.2 cm³/mol. The fourth-order valence-corrected chi connectivity index (χ4v) is 2.55. The summed E-state index contributed by atoms with van der Waals surface area (Å²) in [6, 6.07) is 8.19. The number of para-hydroxylation sites is 1. The Kier molecular flexibility index (Phi) is 3.98. The van der Waals surface area contributed by atoms with Crippen molar-refractivity contribution in [2.75, 3.05) is 0 Å². The molecule has 0 fully saturated rings. The molecule has 0 aliphatic heterocycles. The number of hydrazone groups is 1. The Hall–Kier alpha value is -2.12. The van der Waals surface area contributed by atoms with Crippen LogP contribution in [0.5, 0.6) is 0 Å². The lowest BCUT2D eigenvalue weighted by molar-refractivity contribution is 0.249. The van der Waals surface area contributed by atoms with Crippen molar-refractivity contribution in [1.29, 1.82) is 0 Å². The molecule has 0 aliphatic rings. The van der Waals surface area contributed by atoms with Crippen molar-refractivity contribution >= 4 is 35.2 Å². The monoisotopic (exact) mass is 296 g/mol. The molecule has 8 heteroatoms. The fourth-order valence-electron chi connectivity index (χ4n) is 1.40. The third kappa shape index (κ3) is 3.01. The Labute approximate surface area is 117 Å². The number of nitrogens with zero attached hydrogens (tertiary/aromatic N) is 2. The lowest BCUT2D eigenvalue weighted by Crippen LogP contribution is -2.24. The van der Waals surface area contributed by atoms with Crippen molar-refractivity contribution in [3.8, 4) is 5.69 Å². The Morgan fingerprint density at radius 3 is 2.74 bits per heavy atom. The van der Waals surface area contributed by atoms with Crippen molar-refractivity contribution in [2.45, 2.75) is 0 Å². The van der Waals surface area contributed by atoms with E-state index in [4.69, 9.17) is 17.3 Å². The number of amides is 2. The van der Waals surface area contributed by atoms with Crippen LogP contribution in [0.2, 0.25) is 5.15 Å². The Morgan fingerprint density at radius 1 is 1.42 bits per heavy atom. The van der Waals surface area contributed by atoms with Crippen molar-refractivity contribution in [1.82, 2.24) is 9.99 Å². The number of aromatic nitrogens is 1. The van der Waals surface area contributed by atoms with Crippen molar-refractivity contribution in [2.24, 2.45) is 10.8 Å². The van der Waals surface area contributed by atoms with E-state index in [9.17, 15) is 9.59 Å². The number of hydrogen-bond donors (Lipinski definition) is 2. The first-order chi connectivity index (χ1) is 9.09. The summed E-state index contributed by atoms with van der Waals surface area (Å²) in [4.78, 5) is 22.5. The number of rotatable bonds is 3. The first-order valence-corrected chi connectivity index (χ1v) is 6.34. The van der Waals surface area contributed by atoms with E-state index in [1.165, 1.54) is 10.8 Å². The number of carbonyl (C=O) groups excluding carboxylic acids is 1. The minimum Gasteiger partial charge on any atom is -0.350 e. The summed E-state index contributed by atoms with van der Waals surface area (Å²) in [6.45, 7) is 0. The van der Waals surface area contributed by atoms with Gasteiger partial charge in [-0.1, -0.05) is 41.1 Å². The molecule has 0 aliphatic carbocycles. The van der Waals surface area contributed by atoms with Gasteiger partial charge in [-0.25, -0.2) is 10.2 Å². The zero-order valence-electron chi connectivity index (χ0n) is 9.54. The molecule has 19 heavy (non-hydrogen) atoms. The second-order valence-corrected chi connectivity index (χ2v) is 4.78. The number of benzene rings is 1. The van der Waals surface area contributed by atoms with Gasteiger partial charge in [0.05, 0.1) is 16.8 Å². The zero-order chi connectivity index (χ0) is 13.8. The smallest absolute Gasteiger partial charge is 0.332 e. The number of halogens is 1. The summed E-state index contributed by atoms with van der Waals surface area (Å²) in [5.41, 5.74) is 7.56. The van der Waals surface area contributed by atoms with Crippen LogP contribution in [0.25, 0.3) is 5.69 Å². The average Bonchev–Trinajstić information content (AvgIpc) is 2.65. The molecular formula is C11H9ClN4O2S. The topological polar surface area (TPSA) is 89.5 Å². The quantitative estimate of drug-likeness (QED) is 0.665. The van der Waals surface area contributed by atoms with E-state index in [1.807, 2.05) is 11.5 Å². The van der Waals surface area contributed by atoms with E-state index in [2.05, 4.69) is 5.10 Å². The molecule has 2 aromatic rings. The molecule has 1 heterocycles. The molecule has 0 saturated carbocycles. The third-order valence-electron chi connectivity index (χ3n) is 2.15. The van der Waals surface area contributed by atoms with Crippen LogP contribution < -0.4 is 16.0 Å². The molecule has 0 saturated heterocycles. The number of primary amides is 1. The standard InChI is InChI=1S/C11H9ClN4O2S/c12-9-8(6-14-15-10(13)17)19-11(18)16(9)7-4-2-1-3-5-7/h1-6H,(H3,13,15,17)/b14-6+. The normalized spacial score (nSPS) is 10.8. The molecule has 0 unspecified atom stereocenters. The Balaban J connectivity index is 2.38. The fraction of sp³-hybridized carbons (Fsp3) is 0. The minimum absolute atomic E-state index is 0.233. The molecule has 0 atom stereocenters. The lowest BCUT2D eigenvalue weighted by atomic mass is 10.3. The van der Waals surface area contributed by atoms with Crippen LogP contribution in [-0.2, 0) is 0 Å². The van der Waals surface area contributed by atoms with Gasteiger partial charge >= 0.3 is 10.9 Å². The Morgan fingerprint density at radius 2 is 2.11 bits per heavy atom. The van der Waals surface area contributed by atoms with Gasteiger partial charge in [0, 0.05) is 0 Å². The molecule has 2 amide bonds. The van der Waals surface area contributed by atoms with Gasteiger partial charge in [-0.15, -0.1) is 0 Å². The van der Waals surface area contributed by atoms with E-state index < -0.39 is 6.03 Å². The number of nitrogens with one attached hydrogen (secondary N) is 1. The molecule has 6 nitrogen and oxygen atoms in total. The highest BCUT2D eigenvalue weighted by Gasteiger charge is 2.12. The third-order valence-corrected chi connectivity index (χ3v) is 3.51. The van der Waals surface area contributed by atoms with Gasteiger partial charge in [0.1, 0.15) is 5.15 Å². The maximum atomic E-state index is 11.9. The molecule has 2 rings (SSSR count). The highest BCUT2D eigenvalue weighted by atomic mass is 35.5. The summed E-state index contributed by atoms with van der Waals surface area (Å²) < 4.78 is 1.36. The van der Waals surface area contributed by atoms with Gasteiger partial charge in [0.2, 0.25) is 0 Å². The van der Waals surface area contributed by atoms with Crippen LogP contribution in [0.15, 0.2) is 40.2 Å². The van der Waals surface area contributed by atoms with Crippen LogP contribution in [-0.4, -0.2) is 16.8 Å². The van der Waals surface area contributed by atoms with Gasteiger partial charge in [-0.2, -0.15) is 5.10 Å². The van der Waals surface area contributed by atoms with E-state index >= 15 is 0 Å². The second-order valence-electron chi connectivity index (χ2n) is 3.43. The van der Waals surface area contributed by atoms with Crippen LogP contribution in [0.4, 0.5) is 4.79 Å². The predicted octanol–water partition coefficient (Wildman–Crippen LogP) is 1.55. The van der Waals surface area contributed by atoms with Crippen LogP contribution in [0, 0.1) is 0 Å². The summed E-state index contributed by atoms with van der Waals surface area (Å²) in [7, 11) is 0. The number of thiazole rings is 1. The lowest BCUT2D eigenvalue weighted by Gasteiger charge is -2.01. The highest BCUT2D eigenvalue weighted by molar-refractivity contribution is 7.11. The largest absolute Gasteiger partial charge is 0.350 e. The Bertz CT molecular complexity index is 678. The summed E-state index contributed by atoms with van der Waals surface area (Å²) in [5.74, 6) is 0. The molecule has 0 spiro atoms. The van der Waals surface area contributed by atoms with Crippen molar-refractivity contribution in [3.63, 3.8) is 0 Å². The number of carbonyl (C=O) groups is 1. The van der Waals surface area contributed by atoms with E-state index in [1.54, 1.807) is 24.3 Å². The van der Waals surface area contributed by atoms with Crippen LogP contribution in [0.3, 0.4) is 0 Å². The molecule has 3 N–H and O–H groups in total. The molecule has 1 aromatic carbocycles. The summed E-state index contributed by atoms with van der Waals surface area (Å²) in [6.07, 6.45) is 1.28. The van der Waals surface area contributed by atoms with E-state index in [-0.39, 0.29) is 10.0 Å². The molecule has 98 valence electrons. The average molecular weight is 297 g/mol. The summed E-state index contributed by atoms with van der Waals surface area (Å²) >= 11 is 7.04. The molecule has 0 bridgehead atoms. The van der Waals surface area contributed by atoms with E-state index in [0.29, 0.717) is 10.6 Å². The van der Waals surface area contributed by atoms with Gasteiger partial charge in [-0.3, -0.25) is 9.36 Å². The second kappa shape index (κ2) is 5.68. The number of hydrogen-bond acceptors (Lipinski definition) is 4. The maximum Gasteiger partial charge on any atom is 0.332 e. The molecular weight excluding hydrogens is 288 g/mol. The first-order valence-electron chi connectivity index (χ1n) is 5.15. The minimum atomic E-state index is -0.790. The zero-order valence-corrected chi connectivity index (χ0v) is 11.1. The van der Waals surface area contributed by atoms with Gasteiger partial charge in [0.15, 0.2) is 0 Å². The molecule has 1 aromatic heterocycles. The van der Waals surface area contributed by atoms with E-state index in [0.717, 1.165) is 11.3 Å². The molecule has 0 radical (unpaired) electrons. The van der Waals surface area contributed by atoms with Gasteiger partial charge in [0.25, 0.3) is 0 Å². The highest BCUT2D eigenvalue weighted by Crippen LogP contribution is 2.20. The van der Waals surface area contributed by atoms with Gasteiger partial charge < -0.3 is 5.73 Å². The maximum absolute atomic E-state index is 11.9. The SMILES string of the molecule is NC(=O)N/N=C/c1sc(=O)n(-c2ccccc2)c1Cl. The van der Waals surface area contributed by atoms with Crippen LogP contribution >= 0.6 is 22.9 Å². The van der Waals surface area contributed by atoms with Crippen molar-refractivity contribution < 1.29 is 4.79 Å². The summed E-state index contributed by atoms with van der Waals surface area (Å²) in [5, 5.41) is 3.81. The first kappa shape index (κ1) is 13.3. The van der Waals surface area contributed by atoms with Gasteiger partial charge in [-0.05, 0) is 12.1 Å². The number of urea groups is 1. The van der Waals surface area contributed by atoms with Crippen molar-refractivity contribution in [3.05, 3.63) is 50.0 Å². The number of nitrogens with two attached hydrogens (primary N) is 1.